The highest BCUT2D eigenvalue weighted by Gasteiger charge is 2.24. The van der Waals surface area contributed by atoms with Crippen LogP contribution in [-0.4, -0.2) is 75.4 Å². The number of hydrogen-bond donors (Lipinski definition) is 1. The molecule has 152 valence electrons. The molecule has 1 aliphatic heterocycles. The zero-order chi connectivity index (χ0) is 20.4. The largest absolute Gasteiger partial charge is 0.361 e. The van der Waals surface area contributed by atoms with Gasteiger partial charge in [-0.05, 0) is 26.0 Å². The highest BCUT2D eigenvalue weighted by atomic mass is 16.5. The molecule has 4 rings (SSSR count). The summed E-state index contributed by atoms with van der Waals surface area (Å²) in [5, 5.41) is 6.78. The van der Waals surface area contributed by atoms with Crippen LogP contribution in [0.4, 0.5) is 0 Å². The Morgan fingerprint density at radius 1 is 1.17 bits per heavy atom. The van der Waals surface area contributed by atoms with Gasteiger partial charge in [0, 0.05) is 51.5 Å². The monoisotopic (exact) mass is 396 g/mol. The maximum atomic E-state index is 12.6. The molecule has 2 amide bonds. The molecule has 1 aliphatic rings. The first-order chi connectivity index (χ1) is 14.0. The molecule has 4 heterocycles. The molecule has 29 heavy (non-hydrogen) atoms. The summed E-state index contributed by atoms with van der Waals surface area (Å²) in [6.45, 7) is 7.65. The maximum absolute atomic E-state index is 12.6. The molecule has 0 atom stereocenters. The Balaban J connectivity index is 1.26. The fourth-order valence-corrected chi connectivity index (χ4v) is 3.60. The first-order valence-electron chi connectivity index (χ1n) is 9.70. The van der Waals surface area contributed by atoms with E-state index < -0.39 is 0 Å². The summed E-state index contributed by atoms with van der Waals surface area (Å²) in [6, 6.07) is 7.32. The number of nitrogens with one attached hydrogen (secondary N) is 1. The van der Waals surface area contributed by atoms with Crippen molar-refractivity contribution in [2.45, 2.75) is 13.8 Å². The molecule has 3 aromatic rings. The highest BCUT2D eigenvalue weighted by Crippen LogP contribution is 2.12. The normalized spacial score (nSPS) is 15.0. The number of aromatic nitrogens is 3. The van der Waals surface area contributed by atoms with E-state index in [1.807, 2.05) is 31.3 Å². The van der Waals surface area contributed by atoms with E-state index in [9.17, 15) is 9.59 Å². The minimum absolute atomic E-state index is 0.0992. The third-order valence-corrected chi connectivity index (χ3v) is 5.14. The smallest absolute Gasteiger partial charge is 0.276 e. The van der Waals surface area contributed by atoms with Crippen molar-refractivity contribution < 1.29 is 14.1 Å². The van der Waals surface area contributed by atoms with Crippen molar-refractivity contribution in [2.24, 2.45) is 0 Å². The van der Waals surface area contributed by atoms with Crippen LogP contribution in [0.5, 0.6) is 0 Å². The summed E-state index contributed by atoms with van der Waals surface area (Å²) in [6.07, 6.45) is 1.84. The van der Waals surface area contributed by atoms with E-state index in [2.05, 4.69) is 20.4 Å². The molecule has 1 saturated heterocycles. The topological polar surface area (TPSA) is 96.0 Å². The Bertz CT molecular complexity index is 1030. The first-order valence-corrected chi connectivity index (χ1v) is 9.70. The second kappa shape index (κ2) is 8.04. The van der Waals surface area contributed by atoms with E-state index in [-0.39, 0.29) is 11.8 Å². The van der Waals surface area contributed by atoms with Gasteiger partial charge in [0.25, 0.3) is 11.8 Å². The zero-order valence-electron chi connectivity index (χ0n) is 16.6. The van der Waals surface area contributed by atoms with E-state index in [1.165, 1.54) is 0 Å². The standard InChI is InChI=1S/C20H24N6O3/c1-14-13-16(23-29-14)20(28)25-11-9-24(10-12-25)8-6-21-19(27)18-15(2)22-17-5-3-4-7-26(17)18/h3-5,7,13H,6,8-12H2,1-2H3,(H,21,27). The third kappa shape index (κ3) is 4.00. The van der Waals surface area contributed by atoms with Crippen molar-refractivity contribution in [3.05, 3.63) is 53.3 Å². The number of fused-ring (bicyclic) bond motifs is 1. The quantitative estimate of drug-likeness (QED) is 0.695. The maximum Gasteiger partial charge on any atom is 0.276 e. The van der Waals surface area contributed by atoms with Crippen LogP contribution in [-0.2, 0) is 0 Å². The van der Waals surface area contributed by atoms with Gasteiger partial charge in [-0.1, -0.05) is 11.2 Å². The lowest BCUT2D eigenvalue weighted by Gasteiger charge is -2.34. The molecule has 0 bridgehead atoms. The van der Waals surface area contributed by atoms with Gasteiger partial charge in [-0.25, -0.2) is 4.98 Å². The fraction of sp³-hybridized carbons (Fsp3) is 0.400. The van der Waals surface area contributed by atoms with E-state index in [0.717, 1.165) is 25.3 Å². The van der Waals surface area contributed by atoms with Crippen molar-refractivity contribution in [3.63, 3.8) is 0 Å². The zero-order valence-corrected chi connectivity index (χ0v) is 16.6. The van der Waals surface area contributed by atoms with Crippen LogP contribution in [0.2, 0.25) is 0 Å². The molecule has 1 N–H and O–H groups in total. The number of carbonyl (C=O) groups is 2. The summed E-state index contributed by atoms with van der Waals surface area (Å²) >= 11 is 0. The average molecular weight is 396 g/mol. The number of amides is 2. The van der Waals surface area contributed by atoms with Gasteiger partial charge in [0.15, 0.2) is 5.69 Å². The van der Waals surface area contributed by atoms with E-state index in [0.29, 0.717) is 42.5 Å². The van der Waals surface area contributed by atoms with Crippen LogP contribution >= 0.6 is 0 Å². The SMILES string of the molecule is Cc1cc(C(=O)N2CCN(CCNC(=O)c3c(C)nc4ccccn34)CC2)no1. The van der Waals surface area contributed by atoms with Gasteiger partial charge >= 0.3 is 0 Å². The van der Waals surface area contributed by atoms with Crippen LogP contribution in [0.3, 0.4) is 0 Å². The van der Waals surface area contributed by atoms with Gasteiger partial charge in [-0.15, -0.1) is 0 Å². The van der Waals surface area contributed by atoms with Crippen LogP contribution < -0.4 is 5.32 Å². The van der Waals surface area contributed by atoms with Gasteiger partial charge in [0.05, 0.1) is 5.69 Å². The molecule has 9 nitrogen and oxygen atoms in total. The first kappa shape index (κ1) is 19.1. The molecule has 9 heteroatoms. The van der Waals surface area contributed by atoms with E-state index in [1.54, 1.807) is 22.3 Å². The van der Waals surface area contributed by atoms with Crippen LogP contribution in [0.25, 0.3) is 5.65 Å². The molecule has 1 fully saturated rings. The molecule has 3 aromatic heterocycles. The Morgan fingerprint density at radius 3 is 2.69 bits per heavy atom. The van der Waals surface area contributed by atoms with Gasteiger partial charge in [0.2, 0.25) is 0 Å². The van der Waals surface area contributed by atoms with Crippen LogP contribution in [0, 0.1) is 13.8 Å². The van der Waals surface area contributed by atoms with Crippen molar-refractivity contribution in [1.82, 2.24) is 29.7 Å². The van der Waals surface area contributed by atoms with Gasteiger partial charge in [-0.2, -0.15) is 0 Å². The predicted molar refractivity (Wildman–Crippen MR) is 106 cm³/mol. The molecule has 0 radical (unpaired) electrons. The van der Waals surface area contributed by atoms with Crippen LogP contribution in [0.1, 0.15) is 32.4 Å². The molecule has 0 unspecified atom stereocenters. The summed E-state index contributed by atoms with van der Waals surface area (Å²) in [4.78, 5) is 33.5. The lowest BCUT2D eigenvalue weighted by atomic mass is 10.2. The number of piperazine rings is 1. The van der Waals surface area contributed by atoms with Gasteiger partial charge in [-0.3, -0.25) is 18.9 Å². The minimum Gasteiger partial charge on any atom is -0.361 e. The van der Waals surface area contributed by atoms with Crippen molar-refractivity contribution in [1.29, 1.82) is 0 Å². The lowest BCUT2D eigenvalue weighted by molar-refractivity contribution is 0.0628. The lowest BCUT2D eigenvalue weighted by Crippen LogP contribution is -2.50. The number of pyridine rings is 1. The number of carbonyl (C=O) groups excluding carboxylic acids is 2. The molecule has 0 saturated carbocycles. The van der Waals surface area contributed by atoms with Gasteiger partial charge < -0.3 is 14.7 Å². The van der Waals surface area contributed by atoms with Crippen molar-refractivity contribution in [2.75, 3.05) is 39.3 Å². The van der Waals surface area contributed by atoms with Gasteiger partial charge in [0.1, 0.15) is 17.1 Å². The fourth-order valence-electron chi connectivity index (χ4n) is 3.60. The summed E-state index contributed by atoms with van der Waals surface area (Å²) in [5.41, 5.74) is 2.40. The molecular weight excluding hydrogens is 372 g/mol. The summed E-state index contributed by atoms with van der Waals surface area (Å²) in [5.74, 6) is 0.401. The summed E-state index contributed by atoms with van der Waals surface area (Å²) < 4.78 is 6.79. The Labute approximate surface area is 168 Å². The second-order valence-electron chi connectivity index (χ2n) is 7.19. The van der Waals surface area contributed by atoms with Crippen molar-refractivity contribution in [3.8, 4) is 0 Å². The number of imidazole rings is 1. The predicted octanol–water partition coefficient (Wildman–Crippen LogP) is 1.13. The Kier molecular flexibility index (Phi) is 5.30. The van der Waals surface area contributed by atoms with E-state index >= 15 is 0 Å². The number of hydrogen-bond acceptors (Lipinski definition) is 6. The summed E-state index contributed by atoms with van der Waals surface area (Å²) in [7, 11) is 0. The highest BCUT2D eigenvalue weighted by molar-refractivity contribution is 5.94. The number of aryl methyl sites for hydroxylation is 2. The minimum atomic E-state index is -0.128. The number of rotatable bonds is 5. The number of nitrogens with zero attached hydrogens (tertiary/aromatic N) is 5. The third-order valence-electron chi connectivity index (χ3n) is 5.14. The Morgan fingerprint density at radius 2 is 1.97 bits per heavy atom. The second-order valence-corrected chi connectivity index (χ2v) is 7.19. The molecular formula is C20H24N6O3. The van der Waals surface area contributed by atoms with Crippen LogP contribution in [0.15, 0.2) is 35.0 Å². The Hall–Kier alpha value is -3.20. The van der Waals surface area contributed by atoms with E-state index in [4.69, 9.17) is 4.52 Å². The molecule has 0 aromatic carbocycles. The van der Waals surface area contributed by atoms with Crippen molar-refractivity contribution >= 4 is 17.5 Å². The average Bonchev–Trinajstić information content (AvgIpc) is 3.30. The molecule has 0 spiro atoms. The molecule has 0 aliphatic carbocycles.